The molecular formula is C5H4NNaO4. The van der Waals surface area contributed by atoms with E-state index in [4.69, 9.17) is 5.73 Å². The van der Waals surface area contributed by atoms with E-state index in [1.807, 2.05) is 0 Å². The number of ether oxygens (including phenoxy) is 2. The first kappa shape index (κ1) is 10.3. The molecule has 1 aliphatic heterocycles. The van der Waals surface area contributed by atoms with Gasteiger partial charge in [-0.2, -0.15) is 0 Å². The van der Waals surface area contributed by atoms with Crippen LogP contribution in [-0.2, 0) is 14.3 Å². The summed E-state index contributed by atoms with van der Waals surface area (Å²) in [7, 11) is 0. The van der Waals surface area contributed by atoms with Crippen LogP contribution in [0.3, 0.4) is 0 Å². The van der Waals surface area contributed by atoms with Crippen molar-refractivity contribution in [2.75, 3.05) is 0 Å². The van der Waals surface area contributed by atoms with Gasteiger partial charge in [0.25, 0.3) is 0 Å². The number of hydrogen-bond acceptors (Lipinski definition) is 5. The van der Waals surface area contributed by atoms with Crippen molar-refractivity contribution in [2.45, 2.75) is 0 Å². The molecule has 6 heteroatoms. The van der Waals surface area contributed by atoms with Crippen molar-refractivity contribution in [3.05, 3.63) is 24.2 Å². The van der Waals surface area contributed by atoms with E-state index < -0.39 is 11.7 Å². The van der Waals surface area contributed by atoms with Gasteiger partial charge in [0.05, 0.1) is 0 Å². The van der Waals surface area contributed by atoms with Crippen molar-refractivity contribution in [2.24, 2.45) is 5.73 Å². The van der Waals surface area contributed by atoms with Crippen molar-refractivity contribution >= 4 is 5.97 Å². The van der Waals surface area contributed by atoms with Gasteiger partial charge in [-0.1, -0.05) is 0 Å². The van der Waals surface area contributed by atoms with Crippen molar-refractivity contribution in [3.63, 3.8) is 0 Å². The maximum absolute atomic E-state index is 10.0. The number of carboxylic acid groups (broad SMARTS) is 1. The molecule has 1 heterocycles. The number of aliphatic carboxylic acids is 1. The van der Waals surface area contributed by atoms with Gasteiger partial charge in [-0.25, -0.2) is 0 Å². The number of hydrogen-bond donors (Lipinski definition) is 1. The summed E-state index contributed by atoms with van der Waals surface area (Å²) >= 11 is 0. The van der Waals surface area contributed by atoms with Crippen molar-refractivity contribution in [3.8, 4) is 0 Å². The van der Waals surface area contributed by atoms with E-state index >= 15 is 0 Å². The number of carbonyl (C=O) groups excluding carboxylic acids is 1. The molecule has 0 aromatic rings. The van der Waals surface area contributed by atoms with Gasteiger partial charge in [0, 0.05) is 0 Å². The van der Waals surface area contributed by atoms with E-state index in [1.165, 1.54) is 0 Å². The van der Waals surface area contributed by atoms with Crippen LogP contribution in [-0.4, -0.2) is 5.97 Å². The summed E-state index contributed by atoms with van der Waals surface area (Å²) in [5.74, 6) is -1.83. The first-order valence-corrected chi connectivity index (χ1v) is 2.40. The van der Waals surface area contributed by atoms with E-state index in [-0.39, 0.29) is 35.4 Å². The smallest absolute Gasteiger partial charge is 0.541 e. The minimum absolute atomic E-state index is 0. The molecular weight excluding hydrogens is 161 g/mol. The van der Waals surface area contributed by atoms with Crippen LogP contribution in [0.4, 0.5) is 0 Å². The van der Waals surface area contributed by atoms with Gasteiger partial charge in [0.1, 0.15) is 12.2 Å². The first-order chi connectivity index (χ1) is 4.70. The molecule has 1 aliphatic rings. The van der Waals surface area contributed by atoms with Crippen LogP contribution in [0.5, 0.6) is 0 Å². The summed E-state index contributed by atoms with van der Waals surface area (Å²) in [5, 5.41) is 10.0. The molecule has 2 N–H and O–H groups in total. The first-order valence-electron chi connectivity index (χ1n) is 2.40. The number of rotatable bonds is 1. The van der Waals surface area contributed by atoms with Gasteiger partial charge in [-0.05, 0) is 0 Å². The Labute approximate surface area is 84.8 Å². The zero-order valence-corrected chi connectivity index (χ0v) is 7.87. The molecule has 0 aliphatic carbocycles. The Hall–Kier alpha value is -0.650. The molecule has 5 nitrogen and oxygen atoms in total. The molecule has 0 bridgehead atoms. The summed E-state index contributed by atoms with van der Waals surface area (Å²) in [4.78, 5) is 10.0. The van der Waals surface area contributed by atoms with Gasteiger partial charge in [-0.15, -0.1) is 0 Å². The molecule has 0 fully saturated rings. The topological polar surface area (TPSA) is 84.6 Å². The van der Waals surface area contributed by atoms with Crippen LogP contribution >= 0.6 is 0 Å². The quantitative estimate of drug-likeness (QED) is 0.395. The average molecular weight is 165 g/mol. The van der Waals surface area contributed by atoms with Crippen LogP contribution in [0.25, 0.3) is 0 Å². The molecule has 0 spiro atoms. The molecule has 0 saturated heterocycles. The second-order valence-electron chi connectivity index (χ2n) is 1.53. The van der Waals surface area contributed by atoms with Crippen molar-refractivity contribution in [1.29, 1.82) is 0 Å². The maximum atomic E-state index is 10.0. The average Bonchev–Trinajstić information content (AvgIpc) is 1.88. The van der Waals surface area contributed by atoms with Gasteiger partial charge >= 0.3 is 29.6 Å². The van der Waals surface area contributed by atoms with E-state index in [1.54, 1.807) is 0 Å². The third-order valence-electron chi connectivity index (χ3n) is 0.805. The maximum Gasteiger partial charge on any atom is 1.00 e. The Bertz CT molecular complexity index is 223. The number of carbonyl (C=O) groups is 1. The molecule has 0 amide bonds. The Morgan fingerprint density at radius 3 is 2.45 bits per heavy atom. The Balaban J connectivity index is 0.000001000. The van der Waals surface area contributed by atoms with Gasteiger partial charge in [0.15, 0.2) is 12.0 Å². The van der Waals surface area contributed by atoms with Crippen molar-refractivity contribution in [1.82, 2.24) is 0 Å². The minimum atomic E-state index is -1.44. The van der Waals surface area contributed by atoms with E-state index in [0.29, 0.717) is 0 Å². The summed E-state index contributed by atoms with van der Waals surface area (Å²) in [5.41, 5.74) is 5.05. The van der Waals surface area contributed by atoms with E-state index in [0.717, 1.165) is 12.5 Å². The predicted molar refractivity (Wildman–Crippen MR) is 27.5 cm³/mol. The monoisotopic (exact) mass is 165 g/mol. The summed E-state index contributed by atoms with van der Waals surface area (Å²) in [6.45, 7) is 0. The Morgan fingerprint density at radius 2 is 2.09 bits per heavy atom. The molecule has 0 aromatic carbocycles. The zero-order chi connectivity index (χ0) is 7.56. The van der Waals surface area contributed by atoms with Crippen LogP contribution in [0.1, 0.15) is 0 Å². The molecule has 0 aromatic heterocycles. The van der Waals surface area contributed by atoms with Crippen LogP contribution in [0, 0.1) is 0 Å². The number of carboxylic acids is 1. The normalized spacial score (nSPS) is 14.5. The summed E-state index contributed by atoms with van der Waals surface area (Å²) < 4.78 is 8.92. The third-order valence-corrected chi connectivity index (χ3v) is 0.805. The summed E-state index contributed by atoms with van der Waals surface area (Å²) in [6, 6.07) is 0. The fraction of sp³-hybridized carbons (Fsp3) is 0. The molecule has 0 unspecified atom stereocenters. The van der Waals surface area contributed by atoms with Crippen LogP contribution in [0.15, 0.2) is 24.2 Å². The molecule has 54 valence electrons. The van der Waals surface area contributed by atoms with Gasteiger partial charge in [-0.3, -0.25) is 0 Å². The van der Waals surface area contributed by atoms with Crippen LogP contribution in [0.2, 0.25) is 0 Å². The third kappa shape index (κ3) is 2.83. The standard InChI is InChI=1S/C5H5NO4.Na/c6-4-2-9-3(1-10-4)5(7)8;/h1-2H,6H2,(H,7,8);/q;+1/p-1. The second kappa shape index (κ2) is 4.27. The Morgan fingerprint density at radius 1 is 1.45 bits per heavy atom. The van der Waals surface area contributed by atoms with Gasteiger partial charge < -0.3 is 25.1 Å². The predicted octanol–water partition coefficient (Wildman–Crippen LogP) is -4.61. The van der Waals surface area contributed by atoms with Gasteiger partial charge in [0.2, 0.25) is 5.88 Å². The largest absolute Gasteiger partial charge is 1.00 e. The second-order valence-corrected chi connectivity index (χ2v) is 1.53. The SMILES string of the molecule is NC1=COC(C(=O)[O-])=CO1.[Na+]. The fourth-order valence-corrected chi connectivity index (χ4v) is 0.395. The molecule has 1 rings (SSSR count). The molecule has 0 saturated carbocycles. The van der Waals surface area contributed by atoms with Crippen molar-refractivity contribution < 1.29 is 48.9 Å². The van der Waals surface area contributed by atoms with E-state index in [2.05, 4.69) is 9.47 Å². The molecule has 11 heavy (non-hydrogen) atoms. The molecule has 0 atom stereocenters. The fourth-order valence-electron chi connectivity index (χ4n) is 0.395. The zero-order valence-electron chi connectivity index (χ0n) is 5.87. The molecule has 0 radical (unpaired) electrons. The number of nitrogens with two attached hydrogens (primary N) is 1. The van der Waals surface area contributed by atoms with E-state index in [9.17, 15) is 9.90 Å². The minimum Gasteiger partial charge on any atom is -0.541 e. The Kier molecular flexibility index (Phi) is 4.02. The summed E-state index contributed by atoms with van der Waals surface area (Å²) in [6.07, 6.45) is 1.84. The van der Waals surface area contributed by atoms with Crippen LogP contribution < -0.4 is 40.4 Å².